The summed E-state index contributed by atoms with van der Waals surface area (Å²) >= 11 is 0. The molecule has 2 aliphatic heterocycles. The van der Waals surface area contributed by atoms with E-state index in [0.717, 1.165) is 6.42 Å². The first-order valence-electron chi connectivity index (χ1n) is 7.81. The van der Waals surface area contributed by atoms with Crippen LogP contribution in [-0.2, 0) is 23.9 Å². The molecule has 0 atom stereocenters. The highest BCUT2D eigenvalue weighted by Crippen LogP contribution is 2.16. The molecule has 24 heavy (non-hydrogen) atoms. The molecular weight excluding hydrogens is 312 g/mol. The summed E-state index contributed by atoms with van der Waals surface area (Å²) in [6, 6.07) is 0. The standard InChI is InChI=1S/C13H21NO3.C4H3NO2/c1-10(2)7-8-17-13(3,4)9-14-11(15)5-6-12(14)16;6-3-1-2-4(7)5-3/h5-6,10H,7-9H2,1-4H3;1-2H,(H,5,6,7). The molecule has 0 spiro atoms. The summed E-state index contributed by atoms with van der Waals surface area (Å²) in [5, 5.41) is 2.03. The minimum atomic E-state index is -0.494. The smallest absolute Gasteiger partial charge is 0.253 e. The molecular formula is C17H24N2O5. The van der Waals surface area contributed by atoms with Gasteiger partial charge in [-0.25, -0.2) is 0 Å². The number of carbonyl (C=O) groups excluding carboxylic acids is 4. The molecule has 0 radical (unpaired) electrons. The summed E-state index contributed by atoms with van der Waals surface area (Å²) in [4.78, 5) is 44.1. The lowest BCUT2D eigenvalue weighted by molar-refractivity contribution is -0.142. The lowest BCUT2D eigenvalue weighted by Crippen LogP contribution is -2.43. The maximum atomic E-state index is 11.4. The second-order valence-electron chi connectivity index (χ2n) is 6.57. The van der Waals surface area contributed by atoms with E-state index in [-0.39, 0.29) is 23.6 Å². The van der Waals surface area contributed by atoms with Crippen molar-refractivity contribution in [3.05, 3.63) is 24.3 Å². The number of hydrogen-bond acceptors (Lipinski definition) is 5. The average Bonchev–Trinajstić information content (AvgIpc) is 2.98. The Balaban J connectivity index is 0.000000341. The van der Waals surface area contributed by atoms with Gasteiger partial charge in [-0.2, -0.15) is 0 Å². The van der Waals surface area contributed by atoms with Gasteiger partial charge in [0.1, 0.15) is 0 Å². The number of ether oxygens (including phenoxy) is 1. The van der Waals surface area contributed by atoms with Gasteiger partial charge in [0.25, 0.3) is 23.6 Å². The van der Waals surface area contributed by atoms with E-state index in [0.29, 0.717) is 19.1 Å². The van der Waals surface area contributed by atoms with Gasteiger partial charge in [-0.3, -0.25) is 29.4 Å². The van der Waals surface area contributed by atoms with Crippen molar-refractivity contribution < 1.29 is 23.9 Å². The molecule has 2 aliphatic rings. The number of carbonyl (C=O) groups is 4. The predicted molar refractivity (Wildman–Crippen MR) is 87.6 cm³/mol. The predicted octanol–water partition coefficient (Wildman–Crippen LogP) is 0.952. The van der Waals surface area contributed by atoms with Crippen LogP contribution in [0, 0.1) is 5.92 Å². The van der Waals surface area contributed by atoms with Gasteiger partial charge in [-0.15, -0.1) is 0 Å². The van der Waals surface area contributed by atoms with Crippen molar-refractivity contribution in [1.82, 2.24) is 10.2 Å². The van der Waals surface area contributed by atoms with Crippen LogP contribution in [0.3, 0.4) is 0 Å². The van der Waals surface area contributed by atoms with E-state index in [1.165, 1.54) is 29.2 Å². The monoisotopic (exact) mass is 336 g/mol. The highest BCUT2D eigenvalue weighted by Gasteiger charge is 2.30. The molecule has 2 rings (SSSR count). The first-order chi connectivity index (χ1) is 11.1. The number of nitrogens with one attached hydrogen (secondary N) is 1. The van der Waals surface area contributed by atoms with Crippen molar-refractivity contribution in [2.45, 2.75) is 39.7 Å². The molecule has 0 aromatic heterocycles. The lowest BCUT2D eigenvalue weighted by Gasteiger charge is -2.29. The van der Waals surface area contributed by atoms with E-state index in [1.54, 1.807) is 0 Å². The van der Waals surface area contributed by atoms with Crippen molar-refractivity contribution in [2.75, 3.05) is 13.2 Å². The Kier molecular flexibility index (Phi) is 7.03. The zero-order valence-electron chi connectivity index (χ0n) is 14.5. The SMILES string of the molecule is CC(C)CCOC(C)(C)CN1C(=O)C=CC1=O.O=C1C=CC(=O)N1. The Morgan fingerprint density at radius 1 is 1.00 bits per heavy atom. The Labute approximate surface area is 141 Å². The Morgan fingerprint density at radius 2 is 1.50 bits per heavy atom. The van der Waals surface area contributed by atoms with Crippen LogP contribution in [-0.4, -0.2) is 47.3 Å². The number of amides is 4. The lowest BCUT2D eigenvalue weighted by atomic mass is 10.1. The third-order valence-corrected chi connectivity index (χ3v) is 3.26. The van der Waals surface area contributed by atoms with E-state index in [1.807, 2.05) is 19.2 Å². The maximum absolute atomic E-state index is 11.4. The zero-order valence-corrected chi connectivity index (χ0v) is 14.5. The average molecular weight is 336 g/mol. The molecule has 0 bridgehead atoms. The Hall–Kier alpha value is -2.28. The molecule has 7 nitrogen and oxygen atoms in total. The molecule has 0 unspecified atom stereocenters. The van der Waals surface area contributed by atoms with Gasteiger partial charge in [0.2, 0.25) is 0 Å². The maximum Gasteiger partial charge on any atom is 0.253 e. The Morgan fingerprint density at radius 3 is 1.88 bits per heavy atom. The first kappa shape index (κ1) is 19.8. The molecule has 4 amide bonds. The van der Waals surface area contributed by atoms with Gasteiger partial charge < -0.3 is 4.74 Å². The van der Waals surface area contributed by atoms with Crippen LogP contribution in [0.1, 0.15) is 34.1 Å². The molecule has 2 heterocycles. The quantitative estimate of drug-likeness (QED) is 0.729. The fourth-order valence-corrected chi connectivity index (χ4v) is 1.94. The van der Waals surface area contributed by atoms with E-state index < -0.39 is 5.60 Å². The summed E-state index contributed by atoms with van der Waals surface area (Å²) in [6.45, 7) is 9.00. The summed E-state index contributed by atoms with van der Waals surface area (Å²) in [5.41, 5.74) is -0.494. The van der Waals surface area contributed by atoms with Crippen molar-refractivity contribution in [3.63, 3.8) is 0 Å². The summed E-state index contributed by atoms with van der Waals surface area (Å²) in [5.74, 6) is -0.580. The molecule has 0 aromatic carbocycles. The molecule has 0 aliphatic carbocycles. The van der Waals surface area contributed by atoms with Gasteiger partial charge in [-0.05, 0) is 26.2 Å². The third kappa shape index (κ3) is 6.87. The first-order valence-corrected chi connectivity index (χ1v) is 7.81. The van der Waals surface area contributed by atoms with Gasteiger partial charge in [0.05, 0.1) is 12.1 Å². The number of nitrogens with zero attached hydrogens (tertiary/aromatic N) is 1. The minimum Gasteiger partial charge on any atom is -0.374 e. The zero-order chi connectivity index (χ0) is 18.3. The van der Waals surface area contributed by atoms with Crippen molar-refractivity contribution in [2.24, 2.45) is 5.92 Å². The molecule has 0 aromatic rings. The van der Waals surface area contributed by atoms with Gasteiger partial charge >= 0.3 is 0 Å². The second kappa shape index (κ2) is 8.54. The van der Waals surface area contributed by atoms with Crippen LogP contribution in [0.4, 0.5) is 0 Å². The van der Waals surface area contributed by atoms with Crippen LogP contribution in [0.25, 0.3) is 0 Å². The van der Waals surface area contributed by atoms with Crippen LogP contribution < -0.4 is 5.32 Å². The number of imide groups is 2. The molecule has 1 N–H and O–H groups in total. The Bertz CT molecular complexity index is 542. The molecule has 0 saturated carbocycles. The summed E-state index contributed by atoms with van der Waals surface area (Å²) in [6.07, 6.45) is 5.97. The fourth-order valence-electron chi connectivity index (χ4n) is 1.94. The fraction of sp³-hybridized carbons (Fsp3) is 0.529. The van der Waals surface area contributed by atoms with Gasteiger partial charge in [0, 0.05) is 30.9 Å². The second-order valence-corrected chi connectivity index (χ2v) is 6.57. The molecule has 132 valence electrons. The largest absolute Gasteiger partial charge is 0.374 e. The van der Waals surface area contributed by atoms with Gasteiger partial charge in [-0.1, -0.05) is 13.8 Å². The normalized spacial score (nSPS) is 16.8. The highest BCUT2D eigenvalue weighted by molar-refractivity contribution is 6.13. The van der Waals surface area contributed by atoms with Crippen molar-refractivity contribution in [1.29, 1.82) is 0 Å². The highest BCUT2D eigenvalue weighted by atomic mass is 16.5. The van der Waals surface area contributed by atoms with E-state index in [4.69, 9.17) is 4.74 Å². The molecule has 7 heteroatoms. The molecule has 0 saturated heterocycles. The van der Waals surface area contributed by atoms with Crippen LogP contribution in [0.5, 0.6) is 0 Å². The van der Waals surface area contributed by atoms with E-state index >= 15 is 0 Å². The minimum absolute atomic E-state index is 0.254. The third-order valence-electron chi connectivity index (χ3n) is 3.26. The van der Waals surface area contributed by atoms with Crippen molar-refractivity contribution in [3.8, 4) is 0 Å². The van der Waals surface area contributed by atoms with Crippen molar-refractivity contribution >= 4 is 23.6 Å². The number of hydrogen-bond donors (Lipinski definition) is 1. The van der Waals surface area contributed by atoms with Crippen LogP contribution in [0.15, 0.2) is 24.3 Å². The van der Waals surface area contributed by atoms with Crippen LogP contribution in [0.2, 0.25) is 0 Å². The summed E-state index contributed by atoms with van der Waals surface area (Å²) in [7, 11) is 0. The van der Waals surface area contributed by atoms with Gasteiger partial charge in [0.15, 0.2) is 0 Å². The van der Waals surface area contributed by atoms with E-state index in [2.05, 4.69) is 13.8 Å². The molecule has 0 fully saturated rings. The topological polar surface area (TPSA) is 92.8 Å². The van der Waals surface area contributed by atoms with E-state index in [9.17, 15) is 19.2 Å². The number of rotatable bonds is 6. The van der Waals surface area contributed by atoms with Crippen LogP contribution >= 0.6 is 0 Å². The summed E-state index contributed by atoms with van der Waals surface area (Å²) < 4.78 is 5.72.